The number of aliphatic imine (C=N–C) groups is 1. The topological polar surface area (TPSA) is 101 Å². The highest BCUT2D eigenvalue weighted by molar-refractivity contribution is 6.04. The summed E-state index contributed by atoms with van der Waals surface area (Å²) in [6.45, 7) is 3.38. The molecule has 0 amide bonds. The van der Waals surface area contributed by atoms with Gasteiger partial charge in [0.1, 0.15) is 23.4 Å². The average Bonchev–Trinajstić information content (AvgIpc) is 2.89. The molecule has 0 unspecified atom stereocenters. The van der Waals surface area contributed by atoms with Crippen LogP contribution in [0, 0.1) is 70.7 Å². The fraction of sp³-hybridized carbons (Fsp3) is 0.429. The number of nitrogens with one attached hydrogen (secondary N) is 1. The minimum atomic E-state index is -1.02. The van der Waals surface area contributed by atoms with E-state index in [1.165, 1.54) is 12.1 Å². The number of carbonyl (C=O) groups is 2. The van der Waals surface area contributed by atoms with Crippen molar-refractivity contribution in [3.8, 4) is 0 Å². The smallest absolute Gasteiger partial charge is 0.338 e. The van der Waals surface area contributed by atoms with Gasteiger partial charge >= 0.3 is 11.9 Å². The van der Waals surface area contributed by atoms with Crippen molar-refractivity contribution in [2.45, 2.75) is 19.9 Å². The number of allylic oxidation sites excluding steroid dienone is 1. The van der Waals surface area contributed by atoms with Crippen molar-refractivity contribution >= 4 is 17.8 Å². The van der Waals surface area contributed by atoms with Gasteiger partial charge in [0, 0.05) is 17.2 Å². The zero-order chi connectivity index (χ0) is 26.5. The van der Waals surface area contributed by atoms with Crippen LogP contribution in [0.3, 0.4) is 0 Å². The summed E-state index contributed by atoms with van der Waals surface area (Å²) in [7, 11) is 0. The van der Waals surface area contributed by atoms with Crippen LogP contribution in [0.2, 0.25) is 0 Å². The molecular formula is C28H22F3N3O4. The molecule has 1 aromatic carbocycles. The molecule has 10 heteroatoms. The first kappa shape index (κ1) is 22.3. The van der Waals surface area contributed by atoms with E-state index >= 15 is 0 Å². The Morgan fingerprint density at radius 1 is 1.08 bits per heavy atom. The van der Waals surface area contributed by atoms with Gasteiger partial charge in [0.2, 0.25) is 0 Å². The average molecular weight is 521 g/mol. The Labute approximate surface area is 214 Å². The fourth-order valence-corrected chi connectivity index (χ4v) is 9.62. The van der Waals surface area contributed by atoms with Gasteiger partial charge in [-0.15, -0.1) is 0 Å². The number of aromatic nitrogens is 1. The van der Waals surface area contributed by atoms with Gasteiger partial charge in [-0.3, -0.25) is 9.79 Å². The Morgan fingerprint density at radius 3 is 2.37 bits per heavy atom. The summed E-state index contributed by atoms with van der Waals surface area (Å²) in [5.41, 5.74) is 0.193. The standard InChI is InChI=1S/C28H22F3N3O4/c1-3-38-25(35)14-21(11-5-4-6-12(30)9(11)2)33-24(22-13(31)7-10(29)8-32-22)34-23(14)27-15-18-16(27)20-17(27)19(15)28(18,20)26(36)37/h4-8,15-21H,3H2,1-2H3,(H,33,34)(H,36,37)/t15?,16?,17?,18?,19?,20?,21-,27?,28?/m0/s1. The Morgan fingerprint density at radius 2 is 1.76 bits per heavy atom. The number of carboxylic acids is 1. The van der Waals surface area contributed by atoms with Crippen molar-refractivity contribution in [3.05, 3.63) is 76.0 Å². The summed E-state index contributed by atoms with van der Waals surface area (Å²) in [5.74, 6) is -3.08. The molecule has 6 fully saturated rings. The molecule has 0 bridgehead atoms. The minimum absolute atomic E-state index is 0.0147. The van der Waals surface area contributed by atoms with E-state index in [-0.39, 0.29) is 64.8 Å². The molecule has 38 heavy (non-hydrogen) atoms. The quantitative estimate of drug-likeness (QED) is 0.564. The summed E-state index contributed by atoms with van der Waals surface area (Å²) in [6.07, 6.45) is 0.885. The molecule has 1 atom stereocenters. The number of hydrogen-bond acceptors (Lipinski definition) is 6. The molecule has 6 saturated carbocycles. The molecule has 194 valence electrons. The van der Waals surface area contributed by atoms with E-state index in [2.05, 4.69) is 15.3 Å². The second-order valence-corrected chi connectivity index (χ2v) is 11.3. The van der Waals surface area contributed by atoms with E-state index in [0.29, 0.717) is 17.3 Å². The molecule has 0 saturated heterocycles. The lowest BCUT2D eigenvalue weighted by Crippen LogP contribution is -3.11. The monoisotopic (exact) mass is 521 g/mol. The number of carbonyl (C=O) groups excluding carboxylic acids is 1. The molecule has 7 aliphatic rings. The highest BCUT2D eigenvalue weighted by atomic mass is 19.1. The third-order valence-electron chi connectivity index (χ3n) is 10.6. The van der Waals surface area contributed by atoms with Crippen LogP contribution in [0.1, 0.15) is 29.8 Å². The summed E-state index contributed by atoms with van der Waals surface area (Å²) >= 11 is 0. The lowest BCUT2D eigenvalue weighted by Gasteiger charge is -3.10. The van der Waals surface area contributed by atoms with E-state index in [0.717, 1.165) is 6.20 Å². The van der Waals surface area contributed by atoms with Gasteiger partial charge in [0.15, 0.2) is 11.7 Å². The maximum atomic E-state index is 14.9. The van der Waals surface area contributed by atoms with Gasteiger partial charge in [-0.1, -0.05) is 12.1 Å². The number of benzene rings is 1. The number of rotatable bonds is 6. The molecule has 6 aliphatic carbocycles. The first-order chi connectivity index (χ1) is 18.2. The van der Waals surface area contributed by atoms with Gasteiger partial charge in [0.05, 0.1) is 23.8 Å². The summed E-state index contributed by atoms with van der Waals surface area (Å²) in [6, 6.07) is 4.19. The van der Waals surface area contributed by atoms with Crippen LogP contribution in [0.15, 0.2) is 46.7 Å². The van der Waals surface area contributed by atoms with Crippen LogP contribution < -0.4 is 5.32 Å². The highest BCUT2D eigenvalue weighted by Gasteiger charge is 3.12. The van der Waals surface area contributed by atoms with Crippen LogP contribution in [0.4, 0.5) is 13.2 Å². The number of amidine groups is 1. The van der Waals surface area contributed by atoms with E-state index in [1.807, 2.05) is 0 Å². The summed E-state index contributed by atoms with van der Waals surface area (Å²) in [5, 5.41) is 13.1. The lowest BCUT2D eigenvalue weighted by atomic mass is 8.92. The Kier molecular flexibility index (Phi) is 3.90. The second-order valence-electron chi connectivity index (χ2n) is 11.3. The predicted octanol–water partition coefficient (Wildman–Crippen LogP) is 3.54. The summed E-state index contributed by atoms with van der Waals surface area (Å²) < 4.78 is 48.8. The number of aliphatic carboxylic acids is 1. The van der Waals surface area contributed by atoms with E-state index < -0.39 is 46.3 Å². The first-order valence-corrected chi connectivity index (χ1v) is 12.8. The third-order valence-corrected chi connectivity index (χ3v) is 10.6. The van der Waals surface area contributed by atoms with Gasteiger partial charge in [-0.05, 0) is 66.5 Å². The van der Waals surface area contributed by atoms with Gasteiger partial charge in [-0.25, -0.2) is 22.9 Å². The molecule has 2 heterocycles. The van der Waals surface area contributed by atoms with Crippen molar-refractivity contribution in [1.29, 1.82) is 0 Å². The van der Waals surface area contributed by atoms with Crippen LogP contribution in [0.5, 0.6) is 0 Å². The largest absolute Gasteiger partial charge is 0.481 e. The van der Waals surface area contributed by atoms with Crippen molar-refractivity contribution in [2.75, 3.05) is 6.61 Å². The molecule has 0 spiro atoms. The zero-order valence-corrected chi connectivity index (χ0v) is 20.3. The normalized spacial score (nSPS) is 39.8. The predicted molar refractivity (Wildman–Crippen MR) is 125 cm³/mol. The SMILES string of the molecule is CCOC(=O)C1=C(C23C4C5C2C2C3C4C52C(=O)O)NC(c2ncc(F)cc2F)=N[C@H]1c1cccc(F)c1C. The Balaban J connectivity index is 1.32. The van der Waals surface area contributed by atoms with Crippen LogP contribution in [-0.4, -0.2) is 34.5 Å². The lowest BCUT2D eigenvalue weighted by molar-refractivity contribution is -0.633. The molecule has 1 aromatic heterocycles. The maximum Gasteiger partial charge on any atom is 0.338 e. The van der Waals surface area contributed by atoms with Crippen LogP contribution in [-0.2, 0) is 14.3 Å². The highest BCUT2D eigenvalue weighted by Crippen LogP contribution is 3.11. The van der Waals surface area contributed by atoms with Crippen LogP contribution >= 0.6 is 0 Å². The first-order valence-electron chi connectivity index (χ1n) is 12.8. The molecule has 2 aromatic rings. The molecular weight excluding hydrogens is 499 g/mol. The molecule has 9 rings (SSSR count). The summed E-state index contributed by atoms with van der Waals surface area (Å²) in [4.78, 5) is 34.2. The Hall–Kier alpha value is -3.69. The second kappa shape index (κ2) is 6.65. The fourth-order valence-electron chi connectivity index (χ4n) is 9.62. The van der Waals surface area contributed by atoms with E-state index in [4.69, 9.17) is 4.74 Å². The maximum absolute atomic E-state index is 14.9. The van der Waals surface area contributed by atoms with Crippen molar-refractivity contribution in [2.24, 2.45) is 51.3 Å². The number of ether oxygens (including phenoxy) is 1. The third kappa shape index (κ3) is 1.99. The van der Waals surface area contributed by atoms with Crippen LogP contribution in [0.25, 0.3) is 0 Å². The van der Waals surface area contributed by atoms with Crippen molar-refractivity contribution in [3.63, 3.8) is 0 Å². The number of carboxylic acid groups (broad SMARTS) is 1. The van der Waals surface area contributed by atoms with E-state index in [9.17, 15) is 27.9 Å². The number of pyridine rings is 1. The van der Waals surface area contributed by atoms with Gasteiger partial charge in [-0.2, -0.15) is 0 Å². The molecule has 1 aliphatic heterocycles. The molecule has 7 nitrogen and oxygen atoms in total. The molecule has 2 N–H and O–H groups in total. The zero-order valence-electron chi connectivity index (χ0n) is 20.3. The van der Waals surface area contributed by atoms with E-state index in [1.54, 1.807) is 19.9 Å². The minimum Gasteiger partial charge on any atom is -0.481 e. The van der Waals surface area contributed by atoms with Crippen molar-refractivity contribution in [1.82, 2.24) is 10.3 Å². The van der Waals surface area contributed by atoms with Gasteiger partial charge in [0.25, 0.3) is 0 Å². The van der Waals surface area contributed by atoms with Gasteiger partial charge < -0.3 is 15.2 Å². The number of halogens is 3. The Bertz CT molecular complexity index is 1530. The number of nitrogens with zero attached hydrogens (tertiary/aromatic N) is 2. The molecule has 0 radical (unpaired) electrons. The number of esters is 1. The number of hydrogen-bond donors (Lipinski definition) is 2. The van der Waals surface area contributed by atoms with Crippen molar-refractivity contribution < 1.29 is 32.6 Å².